The first-order valence-corrected chi connectivity index (χ1v) is 8.14. The number of aryl methyl sites for hydroxylation is 1. The van der Waals surface area contributed by atoms with Crippen LogP contribution in [-0.2, 0) is 6.42 Å². The summed E-state index contributed by atoms with van der Waals surface area (Å²) in [6, 6.07) is 9.20. The molecular weight excluding hydrogens is 230 g/mol. The van der Waals surface area contributed by atoms with E-state index in [1.807, 2.05) is 0 Å². The van der Waals surface area contributed by atoms with Gasteiger partial charge in [0.1, 0.15) is 0 Å². The minimum atomic E-state index is 0.234. The molecule has 1 nitrogen and oxygen atoms in total. The van der Waals surface area contributed by atoms with Gasteiger partial charge in [-0.25, -0.2) is 0 Å². The fourth-order valence-electron chi connectivity index (χ4n) is 3.28. The molecule has 1 aromatic carbocycles. The van der Waals surface area contributed by atoms with Crippen LogP contribution in [0.4, 0.5) is 0 Å². The summed E-state index contributed by atoms with van der Waals surface area (Å²) in [6.45, 7) is 2.23. The third-order valence-electron chi connectivity index (χ3n) is 4.56. The summed E-state index contributed by atoms with van der Waals surface area (Å²) in [7, 11) is 0. The van der Waals surface area contributed by atoms with Gasteiger partial charge in [0.2, 0.25) is 0 Å². The van der Waals surface area contributed by atoms with Crippen LogP contribution in [0.2, 0.25) is 0 Å². The number of hydrogen-bond donors (Lipinski definition) is 1. The number of rotatable bonds is 6. The molecule has 1 aliphatic rings. The van der Waals surface area contributed by atoms with E-state index in [-0.39, 0.29) is 6.04 Å². The lowest BCUT2D eigenvalue weighted by atomic mass is 9.84. The molecule has 0 aromatic heterocycles. The topological polar surface area (TPSA) is 26.0 Å². The van der Waals surface area contributed by atoms with Crippen molar-refractivity contribution in [1.29, 1.82) is 0 Å². The average Bonchev–Trinajstić information content (AvgIpc) is 2.47. The van der Waals surface area contributed by atoms with E-state index in [9.17, 15) is 0 Å². The molecule has 1 aliphatic carbocycles. The highest BCUT2D eigenvalue weighted by atomic mass is 14.6. The smallest absolute Gasteiger partial charge is 0.0294 e. The number of nitrogens with two attached hydrogens (primary N) is 1. The van der Waals surface area contributed by atoms with Gasteiger partial charge in [-0.1, -0.05) is 69.7 Å². The van der Waals surface area contributed by atoms with Gasteiger partial charge in [-0.15, -0.1) is 0 Å². The quantitative estimate of drug-likeness (QED) is 0.764. The SMILES string of the molecule is CCCc1ccc(C(N)CCC2CCCCC2)cc1. The first-order valence-electron chi connectivity index (χ1n) is 8.14. The van der Waals surface area contributed by atoms with E-state index in [1.165, 1.54) is 62.5 Å². The zero-order chi connectivity index (χ0) is 13.5. The molecule has 106 valence electrons. The molecule has 19 heavy (non-hydrogen) atoms. The lowest BCUT2D eigenvalue weighted by molar-refractivity contribution is 0.324. The second kappa shape index (κ2) is 7.69. The summed E-state index contributed by atoms with van der Waals surface area (Å²) >= 11 is 0. The van der Waals surface area contributed by atoms with E-state index in [0.717, 1.165) is 12.3 Å². The number of benzene rings is 1. The van der Waals surface area contributed by atoms with E-state index < -0.39 is 0 Å². The van der Waals surface area contributed by atoms with Crippen molar-refractivity contribution in [2.75, 3.05) is 0 Å². The second-order valence-corrected chi connectivity index (χ2v) is 6.18. The van der Waals surface area contributed by atoms with Crippen molar-refractivity contribution in [3.63, 3.8) is 0 Å². The van der Waals surface area contributed by atoms with Gasteiger partial charge in [0.25, 0.3) is 0 Å². The Morgan fingerprint density at radius 3 is 2.42 bits per heavy atom. The van der Waals surface area contributed by atoms with Crippen molar-refractivity contribution < 1.29 is 0 Å². The summed E-state index contributed by atoms with van der Waals surface area (Å²) in [5.74, 6) is 0.944. The van der Waals surface area contributed by atoms with Crippen LogP contribution in [0.15, 0.2) is 24.3 Å². The van der Waals surface area contributed by atoms with Crippen LogP contribution in [0.25, 0.3) is 0 Å². The van der Waals surface area contributed by atoms with Gasteiger partial charge in [-0.05, 0) is 36.3 Å². The van der Waals surface area contributed by atoms with Gasteiger partial charge in [0.15, 0.2) is 0 Å². The van der Waals surface area contributed by atoms with Crippen LogP contribution in [0.3, 0.4) is 0 Å². The zero-order valence-electron chi connectivity index (χ0n) is 12.4. The van der Waals surface area contributed by atoms with Gasteiger partial charge < -0.3 is 5.73 Å². The number of hydrogen-bond acceptors (Lipinski definition) is 1. The lowest BCUT2D eigenvalue weighted by Gasteiger charge is -2.23. The van der Waals surface area contributed by atoms with Gasteiger partial charge in [-0.3, -0.25) is 0 Å². The predicted molar refractivity (Wildman–Crippen MR) is 83.2 cm³/mol. The van der Waals surface area contributed by atoms with E-state index in [0.29, 0.717) is 0 Å². The van der Waals surface area contributed by atoms with Gasteiger partial charge in [0, 0.05) is 6.04 Å². The van der Waals surface area contributed by atoms with Crippen molar-refractivity contribution in [2.24, 2.45) is 11.7 Å². The molecule has 1 aromatic rings. The Balaban J connectivity index is 1.79. The highest BCUT2D eigenvalue weighted by molar-refractivity contribution is 5.24. The van der Waals surface area contributed by atoms with Crippen LogP contribution in [0, 0.1) is 5.92 Å². The third-order valence-corrected chi connectivity index (χ3v) is 4.56. The molecule has 2 N–H and O–H groups in total. The first-order chi connectivity index (χ1) is 9.29. The maximum atomic E-state index is 6.34. The highest BCUT2D eigenvalue weighted by Gasteiger charge is 2.15. The predicted octanol–water partition coefficient (Wildman–Crippen LogP) is 5.00. The molecule has 0 spiro atoms. The van der Waals surface area contributed by atoms with Crippen molar-refractivity contribution in [1.82, 2.24) is 0 Å². The van der Waals surface area contributed by atoms with Crippen molar-refractivity contribution in [2.45, 2.75) is 70.8 Å². The molecule has 0 radical (unpaired) electrons. The second-order valence-electron chi connectivity index (χ2n) is 6.18. The third kappa shape index (κ3) is 4.65. The summed E-state index contributed by atoms with van der Waals surface area (Å²) in [6.07, 6.45) is 12.0. The Hall–Kier alpha value is -0.820. The van der Waals surface area contributed by atoms with Crippen LogP contribution < -0.4 is 5.73 Å². The monoisotopic (exact) mass is 259 g/mol. The van der Waals surface area contributed by atoms with Gasteiger partial charge in [0.05, 0.1) is 0 Å². The van der Waals surface area contributed by atoms with Crippen molar-refractivity contribution >= 4 is 0 Å². The summed E-state index contributed by atoms with van der Waals surface area (Å²) < 4.78 is 0. The van der Waals surface area contributed by atoms with E-state index in [1.54, 1.807) is 0 Å². The standard InChI is InChI=1S/C18H29N/c1-2-6-15-9-12-17(13-10-15)18(19)14-11-16-7-4-3-5-8-16/h9-10,12-13,16,18H,2-8,11,14,19H2,1H3. The molecule has 1 saturated carbocycles. The van der Waals surface area contributed by atoms with E-state index in [4.69, 9.17) is 5.73 Å². The van der Waals surface area contributed by atoms with E-state index in [2.05, 4.69) is 31.2 Å². The van der Waals surface area contributed by atoms with Crippen LogP contribution in [0.1, 0.15) is 75.5 Å². The van der Waals surface area contributed by atoms with Crippen LogP contribution >= 0.6 is 0 Å². The lowest BCUT2D eigenvalue weighted by Crippen LogP contribution is -2.14. The zero-order valence-corrected chi connectivity index (χ0v) is 12.4. The summed E-state index contributed by atoms with van der Waals surface area (Å²) in [4.78, 5) is 0. The maximum Gasteiger partial charge on any atom is 0.0294 e. The maximum absolute atomic E-state index is 6.34. The molecule has 0 bridgehead atoms. The summed E-state index contributed by atoms with van der Waals surface area (Å²) in [5, 5.41) is 0. The molecule has 2 rings (SSSR count). The molecule has 0 heterocycles. The first kappa shape index (κ1) is 14.6. The molecule has 1 fully saturated rings. The Labute approximate surface area is 118 Å². The Morgan fingerprint density at radius 1 is 1.11 bits per heavy atom. The summed E-state index contributed by atoms with van der Waals surface area (Å²) in [5.41, 5.74) is 9.09. The normalized spacial score (nSPS) is 18.4. The molecule has 1 heteroatoms. The van der Waals surface area contributed by atoms with Crippen molar-refractivity contribution in [3.8, 4) is 0 Å². The minimum absolute atomic E-state index is 0.234. The Morgan fingerprint density at radius 2 is 1.79 bits per heavy atom. The molecule has 0 amide bonds. The Kier molecular flexibility index (Phi) is 5.91. The van der Waals surface area contributed by atoms with Gasteiger partial charge in [-0.2, -0.15) is 0 Å². The molecule has 0 aliphatic heterocycles. The Bertz CT molecular complexity index is 348. The average molecular weight is 259 g/mol. The van der Waals surface area contributed by atoms with Crippen molar-refractivity contribution in [3.05, 3.63) is 35.4 Å². The fourth-order valence-corrected chi connectivity index (χ4v) is 3.28. The molecule has 1 atom stereocenters. The molecular formula is C18H29N. The largest absolute Gasteiger partial charge is 0.324 e. The van der Waals surface area contributed by atoms with Crippen LogP contribution in [0.5, 0.6) is 0 Å². The van der Waals surface area contributed by atoms with E-state index >= 15 is 0 Å². The van der Waals surface area contributed by atoms with Crippen LogP contribution in [-0.4, -0.2) is 0 Å². The minimum Gasteiger partial charge on any atom is -0.324 e. The molecule has 0 saturated heterocycles. The fraction of sp³-hybridized carbons (Fsp3) is 0.667. The van der Waals surface area contributed by atoms with Gasteiger partial charge >= 0.3 is 0 Å². The highest BCUT2D eigenvalue weighted by Crippen LogP contribution is 2.29. The molecule has 1 unspecified atom stereocenters.